The first kappa shape index (κ1) is 18.9. The van der Waals surface area contributed by atoms with Gasteiger partial charge in [-0.15, -0.1) is 11.8 Å². The summed E-state index contributed by atoms with van der Waals surface area (Å²) in [6.07, 6.45) is 5.78. The van der Waals surface area contributed by atoms with Crippen LogP contribution >= 0.6 is 11.8 Å². The number of rotatable bonds is 7. The lowest BCUT2D eigenvalue weighted by atomic mass is 10.0. The van der Waals surface area contributed by atoms with E-state index in [4.69, 9.17) is 0 Å². The molecule has 4 nitrogen and oxygen atoms in total. The van der Waals surface area contributed by atoms with Gasteiger partial charge < -0.3 is 10.2 Å². The van der Waals surface area contributed by atoms with E-state index in [2.05, 4.69) is 15.2 Å². The second kappa shape index (κ2) is 9.74. The van der Waals surface area contributed by atoms with E-state index >= 15 is 0 Å². The molecule has 1 aliphatic heterocycles. The SMILES string of the molecule is C[C@H](C(=O)Nc1cccnc1SCCN1CCCCC1)c1ccccc1. The maximum Gasteiger partial charge on any atom is 0.231 e. The molecule has 2 heterocycles. The normalized spacial score (nSPS) is 16.2. The van der Waals surface area contributed by atoms with Crippen molar-refractivity contribution in [2.75, 3.05) is 30.7 Å². The zero-order valence-electron chi connectivity index (χ0n) is 15.4. The standard InChI is InChI=1S/C21H27N3OS/c1-17(18-9-4-2-5-10-18)20(25)23-19-11-8-12-22-21(19)26-16-15-24-13-6-3-7-14-24/h2,4-5,8-12,17H,3,6-7,13-16H2,1H3,(H,23,25)/t17-/m0/s1. The van der Waals surface area contributed by atoms with E-state index in [0.717, 1.165) is 28.6 Å². The van der Waals surface area contributed by atoms with Gasteiger partial charge in [0.05, 0.1) is 11.6 Å². The Morgan fingerprint density at radius 2 is 1.92 bits per heavy atom. The van der Waals surface area contributed by atoms with Crippen LogP contribution in [0.4, 0.5) is 5.69 Å². The topological polar surface area (TPSA) is 45.2 Å². The molecule has 1 atom stereocenters. The molecule has 26 heavy (non-hydrogen) atoms. The van der Waals surface area contributed by atoms with Crippen molar-refractivity contribution in [3.8, 4) is 0 Å². The molecule has 1 aromatic heterocycles. The van der Waals surface area contributed by atoms with E-state index in [1.54, 1.807) is 18.0 Å². The summed E-state index contributed by atoms with van der Waals surface area (Å²) in [5.74, 6) is 0.804. The molecule has 1 N–H and O–H groups in total. The van der Waals surface area contributed by atoms with Crippen LogP contribution in [0.15, 0.2) is 53.7 Å². The van der Waals surface area contributed by atoms with Crippen LogP contribution in [0.25, 0.3) is 0 Å². The number of amides is 1. The maximum absolute atomic E-state index is 12.6. The monoisotopic (exact) mass is 369 g/mol. The number of anilines is 1. The van der Waals surface area contributed by atoms with E-state index in [0.29, 0.717) is 0 Å². The number of thioether (sulfide) groups is 1. The second-order valence-corrected chi connectivity index (χ2v) is 7.81. The molecule has 1 aliphatic rings. The minimum atomic E-state index is -0.192. The summed E-state index contributed by atoms with van der Waals surface area (Å²) in [4.78, 5) is 19.6. The molecule has 1 aromatic carbocycles. The summed E-state index contributed by atoms with van der Waals surface area (Å²) >= 11 is 1.72. The first-order valence-electron chi connectivity index (χ1n) is 9.40. The Balaban J connectivity index is 1.57. The predicted molar refractivity (Wildman–Crippen MR) is 109 cm³/mol. The number of carbonyl (C=O) groups is 1. The highest BCUT2D eigenvalue weighted by atomic mass is 32.2. The number of carbonyl (C=O) groups excluding carboxylic acids is 1. The Hall–Kier alpha value is -1.85. The number of piperidine rings is 1. The fourth-order valence-corrected chi connectivity index (χ4v) is 4.14. The van der Waals surface area contributed by atoms with Crippen molar-refractivity contribution in [2.24, 2.45) is 0 Å². The fourth-order valence-electron chi connectivity index (χ4n) is 3.19. The predicted octanol–water partition coefficient (Wildman–Crippen LogP) is 4.40. The summed E-state index contributed by atoms with van der Waals surface area (Å²) in [5, 5.41) is 3.96. The minimum Gasteiger partial charge on any atom is -0.323 e. The molecular formula is C21H27N3OS. The van der Waals surface area contributed by atoms with Crippen LogP contribution < -0.4 is 5.32 Å². The largest absolute Gasteiger partial charge is 0.323 e. The number of pyridine rings is 1. The number of benzene rings is 1. The number of nitrogens with zero attached hydrogens (tertiary/aromatic N) is 2. The molecule has 0 bridgehead atoms. The molecule has 5 heteroatoms. The van der Waals surface area contributed by atoms with Gasteiger partial charge in [-0.1, -0.05) is 36.8 Å². The van der Waals surface area contributed by atoms with E-state index in [9.17, 15) is 4.79 Å². The molecule has 1 amide bonds. The van der Waals surface area contributed by atoms with Gasteiger partial charge in [0.25, 0.3) is 0 Å². The molecular weight excluding hydrogens is 342 g/mol. The van der Waals surface area contributed by atoms with Gasteiger partial charge in [0.2, 0.25) is 5.91 Å². The zero-order chi connectivity index (χ0) is 18.2. The Kier molecular flexibility index (Phi) is 7.09. The van der Waals surface area contributed by atoms with Crippen LogP contribution in [0.1, 0.15) is 37.7 Å². The third-order valence-corrected chi connectivity index (χ3v) is 5.80. The Morgan fingerprint density at radius 1 is 1.15 bits per heavy atom. The Morgan fingerprint density at radius 3 is 2.69 bits per heavy atom. The van der Waals surface area contributed by atoms with Gasteiger partial charge in [-0.2, -0.15) is 0 Å². The van der Waals surface area contributed by atoms with Gasteiger partial charge in [0, 0.05) is 18.5 Å². The number of nitrogens with one attached hydrogen (secondary N) is 1. The quantitative estimate of drug-likeness (QED) is 0.735. The van der Waals surface area contributed by atoms with Crippen molar-refractivity contribution in [3.05, 3.63) is 54.2 Å². The van der Waals surface area contributed by atoms with Gasteiger partial charge in [0.1, 0.15) is 5.03 Å². The summed E-state index contributed by atoms with van der Waals surface area (Å²) in [6.45, 7) is 5.43. The van der Waals surface area contributed by atoms with Crippen LogP contribution in [-0.4, -0.2) is 41.2 Å². The molecule has 0 radical (unpaired) electrons. The summed E-state index contributed by atoms with van der Waals surface area (Å²) in [5.41, 5.74) is 1.83. The Bertz CT molecular complexity index is 701. The molecule has 0 aliphatic carbocycles. The van der Waals surface area contributed by atoms with Crippen molar-refractivity contribution in [1.29, 1.82) is 0 Å². The van der Waals surface area contributed by atoms with Crippen molar-refractivity contribution >= 4 is 23.4 Å². The lowest BCUT2D eigenvalue weighted by Crippen LogP contribution is -2.31. The number of hydrogen-bond acceptors (Lipinski definition) is 4. The average Bonchev–Trinajstić information content (AvgIpc) is 2.70. The zero-order valence-corrected chi connectivity index (χ0v) is 16.2. The summed E-state index contributed by atoms with van der Waals surface area (Å²) < 4.78 is 0. The third-order valence-electron chi connectivity index (χ3n) is 4.82. The number of aromatic nitrogens is 1. The van der Waals surface area contributed by atoms with E-state index in [-0.39, 0.29) is 11.8 Å². The fraction of sp³-hybridized carbons (Fsp3) is 0.429. The van der Waals surface area contributed by atoms with Crippen molar-refractivity contribution < 1.29 is 4.79 Å². The lowest BCUT2D eigenvalue weighted by Gasteiger charge is -2.26. The molecule has 1 fully saturated rings. The second-order valence-electron chi connectivity index (χ2n) is 6.73. The first-order chi connectivity index (χ1) is 12.7. The molecule has 1 saturated heterocycles. The van der Waals surface area contributed by atoms with Crippen molar-refractivity contribution in [2.45, 2.75) is 37.1 Å². The smallest absolute Gasteiger partial charge is 0.231 e. The van der Waals surface area contributed by atoms with Crippen molar-refractivity contribution in [1.82, 2.24) is 9.88 Å². The highest BCUT2D eigenvalue weighted by Crippen LogP contribution is 2.26. The lowest BCUT2D eigenvalue weighted by molar-refractivity contribution is -0.117. The first-order valence-corrected chi connectivity index (χ1v) is 10.4. The van der Waals surface area contributed by atoms with Gasteiger partial charge in [-0.3, -0.25) is 4.79 Å². The molecule has 0 spiro atoms. The van der Waals surface area contributed by atoms with E-state index in [1.807, 2.05) is 49.4 Å². The van der Waals surface area contributed by atoms with E-state index < -0.39 is 0 Å². The van der Waals surface area contributed by atoms with Crippen LogP contribution in [0.2, 0.25) is 0 Å². The highest BCUT2D eigenvalue weighted by molar-refractivity contribution is 7.99. The Labute approximate surface area is 160 Å². The summed E-state index contributed by atoms with van der Waals surface area (Å²) in [6, 6.07) is 13.7. The van der Waals surface area contributed by atoms with Gasteiger partial charge in [-0.05, 0) is 50.6 Å². The number of likely N-dealkylation sites (tertiary alicyclic amines) is 1. The summed E-state index contributed by atoms with van der Waals surface area (Å²) in [7, 11) is 0. The number of hydrogen-bond donors (Lipinski definition) is 1. The molecule has 138 valence electrons. The van der Waals surface area contributed by atoms with Gasteiger partial charge in [0.15, 0.2) is 0 Å². The van der Waals surface area contributed by atoms with Crippen LogP contribution in [0, 0.1) is 0 Å². The average molecular weight is 370 g/mol. The third kappa shape index (κ3) is 5.32. The van der Waals surface area contributed by atoms with Crippen LogP contribution in [0.5, 0.6) is 0 Å². The van der Waals surface area contributed by atoms with Crippen molar-refractivity contribution in [3.63, 3.8) is 0 Å². The molecule has 0 saturated carbocycles. The van der Waals surface area contributed by atoms with Crippen LogP contribution in [0.3, 0.4) is 0 Å². The van der Waals surface area contributed by atoms with E-state index in [1.165, 1.54) is 32.4 Å². The highest BCUT2D eigenvalue weighted by Gasteiger charge is 2.17. The molecule has 0 unspecified atom stereocenters. The maximum atomic E-state index is 12.6. The molecule has 2 aromatic rings. The van der Waals surface area contributed by atoms with Gasteiger partial charge >= 0.3 is 0 Å². The van der Waals surface area contributed by atoms with Crippen LogP contribution in [-0.2, 0) is 4.79 Å². The minimum absolute atomic E-state index is 0.00193. The van der Waals surface area contributed by atoms with Gasteiger partial charge in [-0.25, -0.2) is 4.98 Å². The molecule has 3 rings (SSSR count).